The molecule has 114 valence electrons. The van der Waals surface area contributed by atoms with E-state index in [-0.39, 0.29) is 4.90 Å². The van der Waals surface area contributed by atoms with Crippen LogP contribution in [0.4, 0.5) is 5.69 Å². The molecule has 2 aromatic rings. The molecule has 0 fully saturated rings. The Morgan fingerprint density at radius 1 is 1.38 bits per heavy atom. The summed E-state index contributed by atoms with van der Waals surface area (Å²) in [5, 5.41) is 8.41. The predicted molar refractivity (Wildman–Crippen MR) is 82.4 cm³/mol. The molecular formula is C14H20N4O2S. The number of hydrogen-bond acceptors (Lipinski definition) is 4. The second-order valence-corrected chi connectivity index (χ2v) is 6.52. The van der Waals surface area contributed by atoms with E-state index < -0.39 is 10.0 Å². The highest BCUT2D eigenvalue weighted by Crippen LogP contribution is 2.20. The first kappa shape index (κ1) is 15.5. The Morgan fingerprint density at radius 2 is 2.14 bits per heavy atom. The lowest BCUT2D eigenvalue weighted by atomic mass is 10.2. The summed E-state index contributed by atoms with van der Waals surface area (Å²) < 4.78 is 24.9. The molecule has 0 amide bonds. The van der Waals surface area contributed by atoms with Crippen molar-refractivity contribution in [2.75, 3.05) is 5.32 Å². The number of imidazole rings is 1. The first-order chi connectivity index (χ1) is 9.91. The number of anilines is 1. The summed E-state index contributed by atoms with van der Waals surface area (Å²) in [5.74, 6) is 0. The van der Waals surface area contributed by atoms with E-state index in [2.05, 4.69) is 21.8 Å². The first-order valence-corrected chi connectivity index (χ1v) is 8.32. The standard InChI is InChI=1S/C14H20N4O2S/c1-3-6-18-10-16-8-12(18)9-17-14-7-13(21(15,19)20)5-4-11(14)2/h4-5,7-8,10,17H,3,6,9H2,1-2H3,(H2,15,19,20). The average Bonchev–Trinajstić information content (AvgIpc) is 2.84. The summed E-state index contributed by atoms with van der Waals surface area (Å²) in [6.45, 7) is 5.51. The molecule has 0 saturated heterocycles. The second kappa shape index (κ2) is 6.28. The van der Waals surface area contributed by atoms with Crippen LogP contribution in [-0.2, 0) is 23.1 Å². The summed E-state index contributed by atoms with van der Waals surface area (Å²) in [6.07, 6.45) is 4.64. The van der Waals surface area contributed by atoms with Gasteiger partial charge in [0, 0.05) is 18.4 Å². The monoisotopic (exact) mass is 308 g/mol. The molecule has 1 aromatic carbocycles. The van der Waals surface area contributed by atoms with Gasteiger partial charge in [-0.15, -0.1) is 0 Å². The Kier molecular flexibility index (Phi) is 4.64. The molecule has 0 saturated carbocycles. The van der Waals surface area contributed by atoms with E-state index in [1.807, 2.05) is 13.1 Å². The van der Waals surface area contributed by atoms with Crippen molar-refractivity contribution >= 4 is 15.7 Å². The van der Waals surface area contributed by atoms with Crippen molar-refractivity contribution in [3.8, 4) is 0 Å². The van der Waals surface area contributed by atoms with Crippen LogP contribution in [0.2, 0.25) is 0 Å². The molecule has 6 nitrogen and oxygen atoms in total. The van der Waals surface area contributed by atoms with Crippen molar-refractivity contribution in [1.29, 1.82) is 0 Å². The Morgan fingerprint density at radius 3 is 2.81 bits per heavy atom. The number of primary sulfonamides is 1. The third kappa shape index (κ3) is 3.83. The van der Waals surface area contributed by atoms with Crippen LogP contribution >= 0.6 is 0 Å². The fourth-order valence-electron chi connectivity index (χ4n) is 2.09. The van der Waals surface area contributed by atoms with Gasteiger partial charge in [0.05, 0.1) is 23.5 Å². The van der Waals surface area contributed by atoms with Crippen LogP contribution in [0.25, 0.3) is 0 Å². The zero-order valence-corrected chi connectivity index (χ0v) is 13.0. The Balaban J connectivity index is 2.18. The van der Waals surface area contributed by atoms with E-state index in [1.54, 1.807) is 18.5 Å². The van der Waals surface area contributed by atoms with Crippen LogP contribution in [0, 0.1) is 6.92 Å². The van der Waals surface area contributed by atoms with Crippen LogP contribution in [0.15, 0.2) is 35.6 Å². The van der Waals surface area contributed by atoms with Crippen molar-refractivity contribution in [3.05, 3.63) is 42.0 Å². The molecule has 3 N–H and O–H groups in total. The van der Waals surface area contributed by atoms with E-state index in [0.717, 1.165) is 29.9 Å². The normalized spacial score (nSPS) is 11.6. The fourth-order valence-corrected chi connectivity index (χ4v) is 2.63. The van der Waals surface area contributed by atoms with Gasteiger partial charge in [0.1, 0.15) is 0 Å². The first-order valence-electron chi connectivity index (χ1n) is 6.78. The van der Waals surface area contributed by atoms with E-state index in [4.69, 9.17) is 5.14 Å². The minimum absolute atomic E-state index is 0.109. The van der Waals surface area contributed by atoms with E-state index >= 15 is 0 Å². The molecule has 0 aliphatic rings. The number of hydrogen-bond donors (Lipinski definition) is 2. The summed E-state index contributed by atoms with van der Waals surface area (Å²) >= 11 is 0. The summed E-state index contributed by atoms with van der Waals surface area (Å²) in [5.41, 5.74) is 2.77. The van der Waals surface area contributed by atoms with Gasteiger partial charge in [0.2, 0.25) is 10.0 Å². The lowest BCUT2D eigenvalue weighted by Crippen LogP contribution is -2.13. The van der Waals surface area contributed by atoms with Gasteiger partial charge in [-0.2, -0.15) is 0 Å². The molecule has 0 unspecified atom stereocenters. The number of rotatable bonds is 6. The number of nitrogens with two attached hydrogens (primary N) is 1. The van der Waals surface area contributed by atoms with Gasteiger partial charge >= 0.3 is 0 Å². The number of sulfonamides is 1. The molecule has 2 rings (SSSR count). The molecule has 0 aliphatic heterocycles. The van der Waals surface area contributed by atoms with Crippen molar-refractivity contribution in [3.63, 3.8) is 0 Å². The van der Waals surface area contributed by atoms with Gasteiger partial charge in [0.15, 0.2) is 0 Å². The van der Waals surface area contributed by atoms with Gasteiger partial charge < -0.3 is 9.88 Å². The van der Waals surface area contributed by atoms with Gasteiger partial charge in [0.25, 0.3) is 0 Å². The van der Waals surface area contributed by atoms with E-state index in [9.17, 15) is 8.42 Å². The van der Waals surface area contributed by atoms with Gasteiger partial charge in [-0.05, 0) is 31.0 Å². The van der Waals surface area contributed by atoms with E-state index in [1.165, 1.54) is 6.07 Å². The van der Waals surface area contributed by atoms with Crippen LogP contribution in [0.5, 0.6) is 0 Å². The smallest absolute Gasteiger partial charge is 0.238 e. The number of aromatic nitrogens is 2. The zero-order valence-electron chi connectivity index (χ0n) is 12.2. The van der Waals surface area contributed by atoms with Gasteiger partial charge in [-0.3, -0.25) is 0 Å². The lowest BCUT2D eigenvalue weighted by molar-refractivity contribution is 0.598. The lowest BCUT2D eigenvalue weighted by Gasteiger charge is -2.12. The SMILES string of the molecule is CCCn1cncc1CNc1cc(S(N)(=O)=O)ccc1C. The summed E-state index contributed by atoms with van der Waals surface area (Å²) in [7, 11) is -3.69. The highest BCUT2D eigenvalue weighted by molar-refractivity contribution is 7.89. The van der Waals surface area contributed by atoms with E-state index in [0.29, 0.717) is 6.54 Å². The maximum atomic E-state index is 11.4. The predicted octanol–water partition coefficient (Wildman–Crippen LogP) is 1.86. The number of nitrogens with zero attached hydrogens (tertiary/aromatic N) is 2. The van der Waals surface area contributed by atoms with Crippen LogP contribution < -0.4 is 10.5 Å². The third-order valence-electron chi connectivity index (χ3n) is 3.26. The van der Waals surface area contributed by atoms with Crippen molar-refractivity contribution in [2.45, 2.75) is 38.3 Å². The molecule has 7 heteroatoms. The third-order valence-corrected chi connectivity index (χ3v) is 4.17. The largest absolute Gasteiger partial charge is 0.379 e. The Bertz CT molecular complexity index is 722. The molecule has 0 spiro atoms. The molecule has 1 heterocycles. The number of nitrogens with one attached hydrogen (secondary N) is 1. The van der Waals surface area contributed by atoms with Gasteiger partial charge in [-0.25, -0.2) is 18.5 Å². The molecule has 0 radical (unpaired) electrons. The van der Waals surface area contributed by atoms with Crippen molar-refractivity contribution in [2.24, 2.45) is 5.14 Å². The zero-order chi connectivity index (χ0) is 15.5. The molecule has 21 heavy (non-hydrogen) atoms. The Labute approximate surface area is 125 Å². The quantitative estimate of drug-likeness (QED) is 0.852. The molecular weight excluding hydrogens is 288 g/mol. The fraction of sp³-hybridized carbons (Fsp3) is 0.357. The van der Waals surface area contributed by atoms with Crippen molar-refractivity contribution < 1.29 is 8.42 Å². The maximum absolute atomic E-state index is 11.4. The highest BCUT2D eigenvalue weighted by Gasteiger charge is 2.10. The van der Waals surface area contributed by atoms with Crippen LogP contribution in [0.3, 0.4) is 0 Å². The van der Waals surface area contributed by atoms with Crippen molar-refractivity contribution in [1.82, 2.24) is 9.55 Å². The Hall–Kier alpha value is -1.86. The summed E-state index contributed by atoms with van der Waals surface area (Å²) in [4.78, 5) is 4.25. The topological polar surface area (TPSA) is 90.0 Å². The van der Waals surface area contributed by atoms with Gasteiger partial charge in [-0.1, -0.05) is 13.0 Å². The maximum Gasteiger partial charge on any atom is 0.238 e. The molecule has 0 atom stereocenters. The highest BCUT2D eigenvalue weighted by atomic mass is 32.2. The number of aryl methyl sites for hydroxylation is 2. The minimum atomic E-state index is -3.69. The molecule has 1 aromatic heterocycles. The molecule has 0 bridgehead atoms. The van der Waals surface area contributed by atoms with Crippen LogP contribution in [-0.4, -0.2) is 18.0 Å². The van der Waals surface area contributed by atoms with Crippen LogP contribution in [0.1, 0.15) is 24.6 Å². The number of benzene rings is 1. The second-order valence-electron chi connectivity index (χ2n) is 4.95. The minimum Gasteiger partial charge on any atom is -0.379 e. The molecule has 0 aliphatic carbocycles. The summed E-state index contributed by atoms with van der Waals surface area (Å²) in [6, 6.07) is 4.81. The average molecular weight is 308 g/mol.